The van der Waals surface area contributed by atoms with Crippen LogP contribution in [0.1, 0.15) is 5.69 Å². The molecule has 1 aromatic heterocycles. The van der Waals surface area contributed by atoms with Crippen LogP contribution in [0.15, 0.2) is 29.1 Å². The van der Waals surface area contributed by atoms with Crippen molar-refractivity contribution < 1.29 is 10.2 Å². The van der Waals surface area contributed by atoms with Crippen LogP contribution in [0.4, 0.5) is 11.4 Å². The van der Waals surface area contributed by atoms with Crippen LogP contribution >= 0.6 is 0 Å². The Kier molecular flexibility index (Phi) is 4.35. The average Bonchev–Trinajstić information content (AvgIpc) is 2.69. The lowest BCUT2D eigenvalue weighted by molar-refractivity contribution is 0.105. The number of hydrogen-bond acceptors (Lipinski definition) is 5. The van der Waals surface area contributed by atoms with Crippen molar-refractivity contribution in [3.63, 3.8) is 0 Å². The van der Waals surface area contributed by atoms with Crippen LogP contribution < -0.4 is 16.6 Å². The van der Waals surface area contributed by atoms with Gasteiger partial charge >= 0.3 is 0 Å². The molecular formula is C14H20N4O3. The van der Waals surface area contributed by atoms with E-state index >= 15 is 0 Å². The van der Waals surface area contributed by atoms with Crippen LogP contribution in [0, 0.1) is 6.92 Å². The number of anilines is 2. The Morgan fingerprint density at radius 3 is 2.43 bits per heavy atom. The SMILES string of the molecule is Cc1c(N)c(=O)n(-c2ccc(NCC(O)CO)cc2)n1C. The maximum atomic E-state index is 12.1. The molecule has 0 fully saturated rings. The zero-order valence-electron chi connectivity index (χ0n) is 12.1. The van der Waals surface area contributed by atoms with E-state index in [0.29, 0.717) is 11.4 Å². The summed E-state index contributed by atoms with van der Waals surface area (Å²) in [6.45, 7) is 1.76. The Labute approximate surface area is 122 Å². The van der Waals surface area contributed by atoms with Crippen molar-refractivity contribution in [2.45, 2.75) is 13.0 Å². The monoisotopic (exact) mass is 292 g/mol. The zero-order chi connectivity index (χ0) is 15.6. The fourth-order valence-electron chi connectivity index (χ4n) is 2.04. The van der Waals surface area contributed by atoms with Crippen LogP contribution in [0.3, 0.4) is 0 Å². The van der Waals surface area contributed by atoms with Gasteiger partial charge in [-0.25, -0.2) is 4.68 Å². The summed E-state index contributed by atoms with van der Waals surface area (Å²) in [5, 5.41) is 21.0. The van der Waals surface area contributed by atoms with Gasteiger partial charge in [-0.3, -0.25) is 9.48 Å². The molecule has 0 amide bonds. The lowest BCUT2D eigenvalue weighted by Gasteiger charge is -2.12. The van der Waals surface area contributed by atoms with Crippen LogP contribution in [-0.2, 0) is 7.05 Å². The topological polar surface area (TPSA) is 105 Å². The van der Waals surface area contributed by atoms with Crippen molar-refractivity contribution in [2.75, 3.05) is 24.2 Å². The Morgan fingerprint density at radius 1 is 1.33 bits per heavy atom. The molecule has 0 aliphatic heterocycles. The molecule has 2 aromatic rings. The summed E-state index contributed by atoms with van der Waals surface area (Å²) in [4.78, 5) is 12.1. The van der Waals surface area contributed by atoms with E-state index in [4.69, 9.17) is 10.8 Å². The first kappa shape index (κ1) is 15.1. The van der Waals surface area contributed by atoms with Gasteiger partial charge in [0, 0.05) is 19.3 Å². The van der Waals surface area contributed by atoms with Gasteiger partial charge in [-0.15, -0.1) is 0 Å². The number of aliphatic hydroxyl groups is 2. The highest BCUT2D eigenvalue weighted by Crippen LogP contribution is 2.14. The molecule has 1 aromatic carbocycles. The van der Waals surface area contributed by atoms with Crippen molar-refractivity contribution in [3.05, 3.63) is 40.3 Å². The van der Waals surface area contributed by atoms with Gasteiger partial charge in [-0.1, -0.05) is 0 Å². The Hall–Kier alpha value is -2.25. The number of aromatic nitrogens is 2. The zero-order valence-corrected chi connectivity index (χ0v) is 12.1. The molecule has 7 nitrogen and oxygen atoms in total. The van der Waals surface area contributed by atoms with Gasteiger partial charge in [-0.2, -0.15) is 0 Å². The number of nitrogens with zero attached hydrogens (tertiary/aromatic N) is 2. The van der Waals surface area contributed by atoms with Gasteiger partial charge in [0.25, 0.3) is 5.56 Å². The van der Waals surface area contributed by atoms with E-state index in [1.807, 2.05) is 0 Å². The third-order valence-corrected chi connectivity index (χ3v) is 3.46. The number of rotatable bonds is 5. The molecule has 2 rings (SSSR count). The quantitative estimate of drug-likeness (QED) is 0.612. The molecule has 0 aliphatic carbocycles. The van der Waals surface area contributed by atoms with E-state index in [1.54, 1.807) is 42.9 Å². The molecule has 114 valence electrons. The van der Waals surface area contributed by atoms with Crippen LogP contribution in [0.5, 0.6) is 0 Å². The fraction of sp³-hybridized carbons (Fsp3) is 0.357. The average molecular weight is 292 g/mol. The largest absolute Gasteiger partial charge is 0.394 e. The summed E-state index contributed by atoms with van der Waals surface area (Å²) >= 11 is 0. The van der Waals surface area contributed by atoms with Crippen LogP contribution in [0.2, 0.25) is 0 Å². The number of nitrogen functional groups attached to an aromatic ring is 1. The highest BCUT2D eigenvalue weighted by Gasteiger charge is 2.12. The van der Waals surface area contributed by atoms with E-state index in [2.05, 4.69) is 5.32 Å². The van der Waals surface area contributed by atoms with Gasteiger partial charge < -0.3 is 21.3 Å². The van der Waals surface area contributed by atoms with E-state index in [-0.39, 0.29) is 24.4 Å². The molecule has 21 heavy (non-hydrogen) atoms. The van der Waals surface area contributed by atoms with Gasteiger partial charge in [0.2, 0.25) is 0 Å². The minimum atomic E-state index is -0.803. The second kappa shape index (κ2) is 6.02. The Morgan fingerprint density at radius 2 is 1.95 bits per heavy atom. The summed E-state index contributed by atoms with van der Waals surface area (Å²) in [7, 11) is 1.77. The predicted molar refractivity (Wildman–Crippen MR) is 81.7 cm³/mol. The Balaban J connectivity index is 2.24. The van der Waals surface area contributed by atoms with Gasteiger partial charge in [0.15, 0.2) is 0 Å². The third kappa shape index (κ3) is 2.93. The smallest absolute Gasteiger partial charge is 0.294 e. The molecule has 0 spiro atoms. The molecule has 0 bridgehead atoms. The van der Waals surface area contributed by atoms with E-state index in [0.717, 1.165) is 5.69 Å². The second-order valence-electron chi connectivity index (χ2n) is 4.90. The normalized spacial score (nSPS) is 12.4. The standard InChI is InChI=1S/C14H20N4O3/c1-9-13(15)14(21)18(17(9)2)11-5-3-10(4-6-11)16-7-12(20)8-19/h3-6,12,16,19-20H,7-8,15H2,1-2H3. The molecule has 0 saturated carbocycles. The van der Waals surface area contributed by atoms with E-state index < -0.39 is 6.10 Å². The first-order valence-corrected chi connectivity index (χ1v) is 6.63. The summed E-state index contributed by atoms with van der Waals surface area (Å²) in [5.41, 5.74) is 7.96. The highest BCUT2D eigenvalue weighted by molar-refractivity contribution is 5.50. The molecule has 0 saturated heterocycles. The van der Waals surface area contributed by atoms with Gasteiger partial charge in [0.1, 0.15) is 5.69 Å². The van der Waals surface area contributed by atoms with Crippen LogP contribution in [-0.4, -0.2) is 38.8 Å². The molecule has 5 N–H and O–H groups in total. The van der Waals surface area contributed by atoms with Crippen molar-refractivity contribution in [2.24, 2.45) is 7.05 Å². The number of benzene rings is 1. The summed E-state index contributed by atoms with van der Waals surface area (Å²) in [6.07, 6.45) is -0.803. The predicted octanol–water partition coefficient (Wildman–Crippen LogP) is -0.168. The number of nitrogens with two attached hydrogens (primary N) is 1. The molecule has 0 radical (unpaired) electrons. The minimum Gasteiger partial charge on any atom is -0.394 e. The fourth-order valence-corrected chi connectivity index (χ4v) is 2.04. The maximum Gasteiger partial charge on any atom is 0.294 e. The molecule has 1 atom stereocenters. The summed E-state index contributed by atoms with van der Waals surface area (Å²) < 4.78 is 3.20. The molecule has 0 aliphatic rings. The molecule has 1 heterocycles. The second-order valence-corrected chi connectivity index (χ2v) is 4.90. The summed E-state index contributed by atoms with van der Waals surface area (Å²) in [6, 6.07) is 7.16. The van der Waals surface area contributed by atoms with Gasteiger partial charge in [0.05, 0.1) is 24.1 Å². The van der Waals surface area contributed by atoms with E-state index in [1.165, 1.54) is 4.68 Å². The minimum absolute atomic E-state index is 0.241. The number of aliphatic hydroxyl groups excluding tert-OH is 2. The van der Waals surface area contributed by atoms with Crippen LogP contribution in [0.25, 0.3) is 5.69 Å². The van der Waals surface area contributed by atoms with Crippen molar-refractivity contribution in [3.8, 4) is 5.69 Å². The first-order valence-electron chi connectivity index (χ1n) is 6.63. The molecule has 7 heteroatoms. The van der Waals surface area contributed by atoms with E-state index in [9.17, 15) is 9.90 Å². The lowest BCUT2D eigenvalue weighted by atomic mass is 10.2. The lowest BCUT2D eigenvalue weighted by Crippen LogP contribution is -2.23. The van der Waals surface area contributed by atoms with Gasteiger partial charge in [-0.05, 0) is 31.2 Å². The van der Waals surface area contributed by atoms with Crippen molar-refractivity contribution in [1.29, 1.82) is 0 Å². The Bertz CT molecular complexity index is 673. The number of nitrogens with one attached hydrogen (secondary N) is 1. The number of hydrogen-bond donors (Lipinski definition) is 4. The third-order valence-electron chi connectivity index (χ3n) is 3.46. The maximum absolute atomic E-state index is 12.1. The molecule has 1 unspecified atom stereocenters. The molecular weight excluding hydrogens is 272 g/mol. The van der Waals surface area contributed by atoms with Crippen molar-refractivity contribution >= 4 is 11.4 Å². The highest BCUT2D eigenvalue weighted by atomic mass is 16.3. The first-order chi connectivity index (χ1) is 9.95. The summed E-state index contributed by atoms with van der Waals surface area (Å²) in [5.74, 6) is 0. The van der Waals surface area contributed by atoms with Crippen molar-refractivity contribution in [1.82, 2.24) is 9.36 Å².